The summed E-state index contributed by atoms with van der Waals surface area (Å²) in [6.45, 7) is 2.33. The molecule has 0 heterocycles. The van der Waals surface area contributed by atoms with E-state index in [1.165, 1.54) is 14.7 Å². The standard InChI is InChI=1S/C14H16INO/c1-10(17)16-7-6-11-2-3-13-9-14(15)5-4-12(13)8-11/h2-5,9,11H,6-8H2,1H3,(H,16,17). The molecule has 0 saturated heterocycles. The quantitative estimate of drug-likeness (QED) is 0.842. The van der Waals surface area contributed by atoms with E-state index in [9.17, 15) is 4.79 Å². The van der Waals surface area contributed by atoms with Gasteiger partial charge in [-0.1, -0.05) is 18.2 Å². The average molecular weight is 341 g/mol. The predicted molar refractivity (Wildman–Crippen MR) is 78.7 cm³/mol. The fourth-order valence-corrected chi connectivity index (χ4v) is 2.64. The van der Waals surface area contributed by atoms with E-state index in [4.69, 9.17) is 0 Å². The number of benzene rings is 1. The molecule has 1 atom stereocenters. The van der Waals surface area contributed by atoms with Gasteiger partial charge in [0.15, 0.2) is 0 Å². The van der Waals surface area contributed by atoms with Crippen LogP contribution in [0.5, 0.6) is 0 Å². The minimum absolute atomic E-state index is 0.0553. The van der Waals surface area contributed by atoms with E-state index in [0.717, 1.165) is 19.4 Å². The molecule has 1 aliphatic carbocycles. The van der Waals surface area contributed by atoms with Crippen LogP contribution in [0.25, 0.3) is 6.08 Å². The lowest BCUT2D eigenvalue weighted by Crippen LogP contribution is -2.23. The van der Waals surface area contributed by atoms with Gasteiger partial charge in [0.25, 0.3) is 0 Å². The van der Waals surface area contributed by atoms with Gasteiger partial charge in [-0.2, -0.15) is 0 Å². The third kappa shape index (κ3) is 3.56. The first-order valence-corrected chi connectivity index (χ1v) is 6.94. The normalized spacial score (nSPS) is 17.6. The van der Waals surface area contributed by atoms with Crippen LogP contribution in [0, 0.1) is 9.49 Å². The topological polar surface area (TPSA) is 29.1 Å². The SMILES string of the molecule is CC(=O)NCCC1C=Cc2cc(I)ccc2C1. The maximum absolute atomic E-state index is 10.8. The Morgan fingerprint density at radius 2 is 2.35 bits per heavy atom. The monoisotopic (exact) mass is 341 g/mol. The largest absolute Gasteiger partial charge is 0.356 e. The number of fused-ring (bicyclic) bond motifs is 1. The molecular weight excluding hydrogens is 325 g/mol. The summed E-state index contributed by atoms with van der Waals surface area (Å²) in [7, 11) is 0. The van der Waals surface area contributed by atoms with Crippen molar-refractivity contribution in [2.45, 2.75) is 19.8 Å². The van der Waals surface area contributed by atoms with Crippen molar-refractivity contribution >= 4 is 34.6 Å². The van der Waals surface area contributed by atoms with E-state index in [1.807, 2.05) is 0 Å². The van der Waals surface area contributed by atoms with Crippen molar-refractivity contribution in [2.24, 2.45) is 5.92 Å². The van der Waals surface area contributed by atoms with Crippen LogP contribution in [0.2, 0.25) is 0 Å². The molecule has 0 saturated carbocycles. The van der Waals surface area contributed by atoms with Crippen molar-refractivity contribution in [3.05, 3.63) is 39.0 Å². The van der Waals surface area contributed by atoms with Crippen LogP contribution in [0.3, 0.4) is 0 Å². The van der Waals surface area contributed by atoms with E-state index in [-0.39, 0.29) is 5.91 Å². The van der Waals surface area contributed by atoms with Gasteiger partial charge < -0.3 is 5.32 Å². The second-order valence-corrected chi connectivity index (χ2v) is 5.68. The summed E-state index contributed by atoms with van der Waals surface area (Å²) in [4.78, 5) is 10.8. The number of nitrogens with one attached hydrogen (secondary N) is 1. The highest BCUT2D eigenvalue weighted by Crippen LogP contribution is 2.26. The third-order valence-corrected chi connectivity index (χ3v) is 3.70. The molecule has 1 aliphatic rings. The van der Waals surface area contributed by atoms with Crippen LogP contribution in [-0.2, 0) is 11.2 Å². The lowest BCUT2D eigenvalue weighted by Gasteiger charge is -2.19. The molecule has 2 nitrogen and oxygen atoms in total. The zero-order valence-corrected chi connectivity index (χ0v) is 12.0. The highest BCUT2D eigenvalue weighted by molar-refractivity contribution is 14.1. The molecule has 0 fully saturated rings. The van der Waals surface area contributed by atoms with Gasteiger partial charge in [0, 0.05) is 17.0 Å². The fraction of sp³-hybridized carbons (Fsp3) is 0.357. The van der Waals surface area contributed by atoms with Gasteiger partial charge in [-0.15, -0.1) is 0 Å². The van der Waals surface area contributed by atoms with Crippen molar-refractivity contribution < 1.29 is 4.79 Å². The number of carbonyl (C=O) groups excluding carboxylic acids is 1. The second-order valence-electron chi connectivity index (χ2n) is 4.44. The van der Waals surface area contributed by atoms with Gasteiger partial charge in [-0.05, 0) is 64.6 Å². The molecular formula is C14H16INO. The maximum atomic E-state index is 10.8. The number of carbonyl (C=O) groups is 1. The number of hydrogen-bond donors (Lipinski definition) is 1. The zero-order chi connectivity index (χ0) is 12.3. The summed E-state index contributed by atoms with van der Waals surface area (Å²) >= 11 is 2.34. The van der Waals surface area contributed by atoms with Gasteiger partial charge in [-0.25, -0.2) is 0 Å². The third-order valence-electron chi connectivity index (χ3n) is 3.03. The Morgan fingerprint density at radius 1 is 1.53 bits per heavy atom. The average Bonchev–Trinajstić information content (AvgIpc) is 2.29. The fourth-order valence-electron chi connectivity index (χ4n) is 2.13. The Bertz CT molecular complexity index is 454. The van der Waals surface area contributed by atoms with Crippen LogP contribution in [0.1, 0.15) is 24.5 Å². The van der Waals surface area contributed by atoms with Crippen molar-refractivity contribution in [3.8, 4) is 0 Å². The van der Waals surface area contributed by atoms with Crippen LogP contribution in [-0.4, -0.2) is 12.5 Å². The smallest absolute Gasteiger partial charge is 0.216 e. The molecule has 17 heavy (non-hydrogen) atoms. The Kier molecular flexibility index (Phi) is 4.20. The van der Waals surface area contributed by atoms with Gasteiger partial charge in [0.1, 0.15) is 0 Å². The Morgan fingerprint density at radius 3 is 3.12 bits per heavy atom. The summed E-state index contributed by atoms with van der Waals surface area (Å²) in [6, 6.07) is 6.59. The highest BCUT2D eigenvalue weighted by Gasteiger charge is 2.13. The summed E-state index contributed by atoms with van der Waals surface area (Å²) in [5.74, 6) is 0.606. The highest BCUT2D eigenvalue weighted by atomic mass is 127. The minimum Gasteiger partial charge on any atom is -0.356 e. The minimum atomic E-state index is 0.0553. The molecule has 90 valence electrons. The number of halogens is 1. The molecule has 0 aliphatic heterocycles. The number of rotatable bonds is 3. The summed E-state index contributed by atoms with van der Waals surface area (Å²) in [5.41, 5.74) is 2.76. The van der Waals surface area contributed by atoms with E-state index in [0.29, 0.717) is 5.92 Å². The molecule has 2 rings (SSSR count). The molecule has 1 unspecified atom stereocenters. The van der Waals surface area contributed by atoms with E-state index >= 15 is 0 Å². The first kappa shape index (κ1) is 12.6. The Hall–Kier alpha value is -0.840. The van der Waals surface area contributed by atoms with E-state index in [1.54, 1.807) is 6.92 Å². The molecule has 0 spiro atoms. The van der Waals surface area contributed by atoms with E-state index < -0.39 is 0 Å². The Labute approximate surface area is 116 Å². The van der Waals surface area contributed by atoms with Crippen LogP contribution < -0.4 is 5.32 Å². The second kappa shape index (κ2) is 5.67. The molecule has 0 aromatic heterocycles. The lowest BCUT2D eigenvalue weighted by atomic mass is 9.88. The molecule has 0 radical (unpaired) electrons. The van der Waals surface area contributed by atoms with Crippen molar-refractivity contribution in [3.63, 3.8) is 0 Å². The maximum Gasteiger partial charge on any atom is 0.216 e. The van der Waals surface area contributed by atoms with E-state index in [2.05, 4.69) is 58.3 Å². The number of allylic oxidation sites excluding steroid dienone is 1. The Balaban J connectivity index is 1.95. The summed E-state index contributed by atoms with van der Waals surface area (Å²) < 4.78 is 1.28. The summed E-state index contributed by atoms with van der Waals surface area (Å²) in [5, 5.41) is 2.85. The van der Waals surface area contributed by atoms with Gasteiger partial charge >= 0.3 is 0 Å². The number of hydrogen-bond acceptors (Lipinski definition) is 1. The first-order valence-electron chi connectivity index (χ1n) is 5.86. The van der Waals surface area contributed by atoms with Crippen molar-refractivity contribution in [2.75, 3.05) is 6.54 Å². The molecule has 1 N–H and O–H groups in total. The molecule has 1 aromatic rings. The lowest BCUT2D eigenvalue weighted by molar-refractivity contribution is -0.118. The molecule has 0 bridgehead atoms. The molecule has 3 heteroatoms. The first-order chi connectivity index (χ1) is 8.15. The van der Waals surface area contributed by atoms with Crippen molar-refractivity contribution in [1.82, 2.24) is 5.32 Å². The molecule has 1 amide bonds. The number of amides is 1. The predicted octanol–water partition coefficient (Wildman–Crippen LogP) is 3.00. The van der Waals surface area contributed by atoms with Crippen LogP contribution in [0.4, 0.5) is 0 Å². The zero-order valence-electron chi connectivity index (χ0n) is 9.87. The van der Waals surface area contributed by atoms with Gasteiger partial charge in [0.05, 0.1) is 0 Å². The van der Waals surface area contributed by atoms with Gasteiger partial charge in [-0.3, -0.25) is 4.79 Å². The summed E-state index contributed by atoms with van der Waals surface area (Å²) in [6.07, 6.45) is 6.57. The van der Waals surface area contributed by atoms with Crippen LogP contribution in [0.15, 0.2) is 24.3 Å². The van der Waals surface area contributed by atoms with Crippen molar-refractivity contribution in [1.29, 1.82) is 0 Å². The molecule has 1 aromatic carbocycles. The van der Waals surface area contributed by atoms with Gasteiger partial charge in [0.2, 0.25) is 5.91 Å². The van der Waals surface area contributed by atoms with Crippen LogP contribution >= 0.6 is 22.6 Å².